The Kier molecular flexibility index (Phi) is 7.58. The number of hydrogen-bond donors (Lipinski definition) is 1. The molecule has 2 aromatic rings. The van der Waals surface area contributed by atoms with E-state index in [2.05, 4.69) is 41.4 Å². The van der Waals surface area contributed by atoms with Gasteiger partial charge < -0.3 is 5.32 Å². The quantitative estimate of drug-likeness (QED) is 0.590. The van der Waals surface area contributed by atoms with Crippen LogP contribution >= 0.6 is 0 Å². The van der Waals surface area contributed by atoms with Crippen molar-refractivity contribution in [2.75, 3.05) is 13.1 Å². The van der Waals surface area contributed by atoms with Gasteiger partial charge in [-0.1, -0.05) is 72.2 Å². The van der Waals surface area contributed by atoms with Crippen LogP contribution in [0.4, 0.5) is 0 Å². The maximum Gasteiger partial charge on any atom is 0.244 e. The van der Waals surface area contributed by atoms with Gasteiger partial charge in [0.2, 0.25) is 5.91 Å². The van der Waals surface area contributed by atoms with E-state index in [1.807, 2.05) is 36.4 Å². The zero-order valence-corrected chi connectivity index (χ0v) is 18.9. The van der Waals surface area contributed by atoms with Crippen LogP contribution in [0.15, 0.2) is 66.2 Å². The van der Waals surface area contributed by atoms with E-state index >= 15 is 0 Å². The van der Waals surface area contributed by atoms with Crippen LogP contribution in [0.3, 0.4) is 0 Å². The van der Waals surface area contributed by atoms with Crippen molar-refractivity contribution in [3.8, 4) is 0 Å². The first-order valence-corrected chi connectivity index (χ1v) is 12.0. The lowest BCUT2D eigenvalue weighted by atomic mass is 9.78. The molecule has 1 heterocycles. The topological polar surface area (TPSA) is 32.3 Å². The highest BCUT2D eigenvalue weighted by atomic mass is 16.1. The summed E-state index contributed by atoms with van der Waals surface area (Å²) in [6.07, 6.45) is 10.3. The number of piperidine rings is 1. The average Bonchev–Trinajstić information content (AvgIpc) is 2.82. The second-order valence-corrected chi connectivity index (χ2v) is 9.30. The Bertz CT molecular complexity index is 856. The molecule has 0 spiro atoms. The Morgan fingerprint density at radius 3 is 2.35 bits per heavy atom. The van der Waals surface area contributed by atoms with E-state index < -0.39 is 0 Å². The van der Waals surface area contributed by atoms with Gasteiger partial charge in [-0.2, -0.15) is 0 Å². The summed E-state index contributed by atoms with van der Waals surface area (Å²) in [5.41, 5.74) is 5.26. The predicted molar refractivity (Wildman–Crippen MR) is 128 cm³/mol. The van der Waals surface area contributed by atoms with Gasteiger partial charge >= 0.3 is 0 Å². The van der Waals surface area contributed by atoms with E-state index in [4.69, 9.17) is 0 Å². The van der Waals surface area contributed by atoms with Gasteiger partial charge in [-0.25, -0.2) is 0 Å². The number of rotatable bonds is 6. The molecule has 3 heteroatoms. The molecule has 1 saturated carbocycles. The molecule has 2 aromatic carbocycles. The SMILES string of the molecule is Cc1ccc(C(C2CCC(=CC(=O)NCc3ccccc3)CC2)N2CCCCC2)cc1. The second kappa shape index (κ2) is 10.8. The third-order valence-corrected chi connectivity index (χ3v) is 6.97. The monoisotopic (exact) mass is 416 g/mol. The first-order valence-electron chi connectivity index (χ1n) is 12.0. The number of nitrogens with zero attached hydrogens (tertiary/aromatic N) is 1. The molecule has 1 N–H and O–H groups in total. The number of carbonyl (C=O) groups is 1. The number of carbonyl (C=O) groups excluding carboxylic acids is 1. The van der Waals surface area contributed by atoms with Crippen molar-refractivity contribution in [2.45, 2.75) is 64.5 Å². The standard InChI is InChI=1S/C28H36N2O/c1-22-10-14-25(15-11-22)28(30-18-6-3-7-19-30)26-16-12-23(13-17-26)20-27(31)29-21-24-8-4-2-5-9-24/h2,4-5,8-11,14-15,20,26,28H,3,6-7,12-13,16-19,21H2,1H3,(H,29,31). The summed E-state index contributed by atoms with van der Waals surface area (Å²) in [5.74, 6) is 0.716. The van der Waals surface area contributed by atoms with Crippen LogP contribution in [-0.4, -0.2) is 23.9 Å². The van der Waals surface area contributed by atoms with Gasteiger partial charge in [-0.15, -0.1) is 0 Å². The van der Waals surface area contributed by atoms with Gasteiger partial charge in [0, 0.05) is 18.7 Å². The summed E-state index contributed by atoms with van der Waals surface area (Å²) in [6.45, 7) is 5.20. The lowest BCUT2D eigenvalue weighted by Gasteiger charge is -2.41. The minimum atomic E-state index is 0.0448. The van der Waals surface area contributed by atoms with E-state index in [1.165, 1.54) is 61.9 Å². The molecule has 1 aliphatic carbocycles. The second-order valence-electron chi connectivity index (χ2n) is 9.30. The summed E-state index contributed by atoms with van der Waals surface area (Å²) < 4.78 is 0. The molecule has 2 aliphatic rings. The molecular formula is C28H36N2O. The first kappa shape index (κ1) is 21.8. The van der Waals surface area contributed by atoms with Crippen LogP contribution in [-0.2, 0) is 11.3 Å². The fraction of sp³-hybridized carbons (Fsp3) is 0.464. The highest BCUT2D eigenvalue weighted by Crippen LogP contribution is 2.41. The van der Waals surface area contributed by atoms with E-state index in [0.29, 0.717) is 18.5 Å². The highest BCUT2D eigenvalue weighted by molar-refractivity contribution is 5.88. The third kappa shape index (κ3) is 6.07. The van der Waals surface area contributed by atoms with Crippen molar-refractivity contribution in [3.63, 3.8) is 0 Å². The first-order chi connectivity index (χ1) is 15.2. The van der Waals surface area contributed by atoms with Crippen molar-refractivity contribution in [1.82, 2.24) is 10.2 Å². The Balaban J connectivity index is 1.37. The molecule has 31 heavy (non-hydrogen) atoms. The number of allylic oxidation sites excluding steroid dienone is 1. The van der Waals surface area contributed by atoms with Crippen LogP contribution in [0.1, 0.15) is 67.7 Å². The van der Waals surface area contributed by atoms with Gasteiger partial charge in [0.25, 0.3) is 0 Å². The molecule has 0 radical (unpaired) electrons. The maximum atomic E-state index is 12.4. The molecule has 2 fully saturated rings. The number of benzene rings is 2. The van der Waals surface area contributed by atoms with Crippen LogP contribution in [0.25, 0.3) is 0 Å². The van der Waals surface area contributed by atoms with Crippen molar-refractivity contribution in [3.05, 3.63) is 82.9 Å². The number of nitrogens with one attached hydrogen (secondary N) is 1. The molecular weight excluding hydrogens is 380 g/mol. The van der Waals surface area contributed by atoms with Crippen LogP contribution in [0.5, 0.6) is 0 Å². The number of amides is 1. The molecule has 1 saturated heterocycles. The maximum absolute atomic E-state index is 12.4. The van der Waals surface area contributed by atoms with Crippen LogP contribution < -0.4 is 5.32 Å². The summed E-state index contributed by atoms with van der Waals surface area (Å²) in [5, 5.41) is 3.04. The molecule has 0 bridgehead atoms. The zero-order valence-electron chi connectivity index (χ0n) is 18.9. The molecule has 1 unspecified atom stereocenters. The largest absolute Gasteiger partial charge is 0.348 e. The number of aryl methyl sites for hydroxylation is 1. The molecule has 3 nitrogen and oxygen atoms in total. The summed E-state index contributed by atoms with van der Waals surface area (Å²) in [4.78, 5) is 15.1. The van der Waals surface area contributed by atoms with Crippen molar-refractivity contribution in [2.24, 2.45) is 5.92 Å². The van der Waals surface area contributed by atoms with E-state index in [-0.39, 0.29) is 5.91 Å². The lowest BCUT2D eigenvalue weighted by molar-refractivity contribution is -0.116. The van der Waals surface area contributed by atoms with Gasteiger partial charge in [0.1, 0.15) is 0 Å². The zero-order chi connectivity index (χ0) is 21.5. The molecule has 1 aliphatic heterocycles. The van der Waals surface area contributed by atoms with Gasteiger partial charge in [0.05, 0.1) is 0 Å². The molecule has 0 aromatic heterocycles. The minimum Gasteiger partial charge on any atom is -0.348 e. The Morgan fingerprint density at radius 1 is 1.00 bits per heavy atom. The van der Waals surface area contributed by atoms with Crippen molar-refractivity contribution >= 4 is 5.91 Å². The number of hydrogen-bond acceptors (Lipinski definition) is 2. The van der Waals surface area contributed by atoms with Crippen molar-refractivity contribution < 1.29 is 4.79 Å². The third-order valence-electron chi connectivity index (χ3n) is 6.97. The van der Waals surface area contributed by atoms with Gasteiger partial charge in [0.15, 0.2) is 0 Å². The summed E-state index contributed by atoms with van der Waals surface area (Å²) in [6, 6.07) is 19.8. The molecule has 1 atom stereocenters. The Labute approximate surface area is 187 Å². The van der Waals surface area contributed by atoms with Gasteiger partial charge in [-0.3, -0.25) is 9.69 Å². The normalized spacial score (nSPS) is 20.8. The Hall–Kier alpha value is -2.39. The molecule has 1 amide bonds. The molecule has 4 rings (SSSR count). The molecule has 164 valence electrons. The van der Waals surface area contributed by atoms with E-state index in [0.717, 1.165) is 18.4 Å². The minimum absolute atomic E-state index is 0.0448. The smallest absolute Gasteiger partial charge is 0.244 e. The van der Waals surface area contributed by atoms with Crippen molar-refractivity contribution in [1.29, 1.82) is 0 Å². The van der Waals surface area contributed by atoms with Gasteiger partial charge in [-0.05, 0) is 75.6 Å². The fourth-order valence-corrected chi connectivity index (χ4v) is 5.23. The highest BCUT2D eigenvalue weighted by Gasteiger charge is 2.31. The fourth-order valence-electron chi connectivity index (χ4n) is 5.23. The summed E-state index contributed by atoms with van der Waals surface area (Å²) in [7, 11) is 0. The predicted octanol–water partition coefficient (Wildman–Crippen LogP) is 5.96. The Morgan fingerprint density at radius 2 is 1.68 bits per heavy atom. The number of likely N-dealkylation sites (tertiary alicyclic amines) is 1. The van der Waals surface area contributed by atoms with Crippen LogP contribution in [0, 0.1) is 12.8 Å². The van der Waals surface area contributed by atoms with E-state index in [1.54, 1.807) is 0 Å². The summed E-state index contributed by atoms with van der Waals surface area (Å²) >= 11 is 0. The van der Waals surface area contributed by atoms with E-state index in [9.17, 15) is 4.79 Å². The average molecular weight is 417 g/mol. The van der Waals surface area contributed by atoms with Crippen LogP contribution in [0.2, 0.25) is 0 Å². The lowest BCUT2D eigenvalue weighted by Crippen LogP contribution is -2.38.